The summed E-state index contributed by atoms with van der Waals surface area (Å²) in [6, 6.07) is 6.04. The zero-order valence-corrected chi connectivity index (χ0v) is 9.95. The first-order valence-electron chi connectivity index (χ1n) is 6.14. The topological polar surface area (TPSA) is 47.2 Å². The summed E-state index contributed by atoms with van der Waals surface area (Å²) in [5.74, 6) is 0.888. The Morgan fingerprint density at radius 2 is 2.26 bits per heavy atom. The molecular weight excluding hydrogens is 240 g/mol. The van der Waals surface area contributed by atoms with E-state index in [4.69, 9.17) is 4.42 Å². The van der Waals surface area contributed by atoms with E-state index >= 15 is 0 Å². The Kier molecular flexibility index (Phi) is 1.46. The van der Waals surface area contributed by atoms with Gasteiger partial charge in [0.2, 0.25) is 5.58 Å². The first kappa shape index (κ1) is 9.27. The molecule has 90 valence electrons. The third kappa shape index (κ3) is 1.03. The highest BCUT2D eigenvalue weighted by molar-refractivity contribution is 5.88. The summed E-state index contributed by atoms with van der Waals surface area (Å²) in [5, 5.41) is 4.30. The number of pyridine rings is 1. The van der Waals surface area contributed by atoms with Crippen LogP contribution in [-0.4, -0.2) is 14.6 Å². The lowest BCUT2D eigenvalue weighted by atomic mass is 10.2. The van der Waals surface area contributed by atoms with Crippen LogP contribution >= 0.6 is 0 Å². The molecule has 4 aromatic rings. The standard InChI is InChI=1S/C14H9N4O/c1-2-11-13-12(8-18(11)16-4-1)19-14-10-6-15-5-3-9(10)7-17(13)14/h1-6,8H,7H2/q+1. The summed E-state index contributed by atoms with van der Waals surface area (Å²) >= 11 is 0. The van der Waals surface area contributed by atoms with Gasteiger partial charge in [-0.2, -0.15) is 5.10 Å². The molecule has 0 atom stereocenters. The fourth-order valence-corrected chi connectivity index (χ4v) is 2.85. The van der Waals surface area contributed by atoms with E-state index in [0.29, 0.717) is 0 Å². The first-order chi connectivity index (χ1) is 9.42. The van der Waals surface area contributed by atoms with Gasteiger partial charge in [-0.15, -0.1) is 4.57 Å². The minimum Gasteiger partial charge on any atom is -0.396 e. The van der Waals surface area contributed by atoms with Gasteiger partial charge in [-0.3, -0.25) is 4.98 Å². The Morgan fingerprint density at radius 1 is 1.26 bits per heavy atom. The van der Waals surface area contributed by atoms with E-state index in [1.54, 1.807) is 6.20 Å². The molecule has 0 radical (unpaired) electrons. The Balaban J connectivity index is 1.94. The number of oxazole rings is 1. The Morgan fingerprint density at radius 3 is 3.26 bits per heavy atom. The van der Waals surface area contributed by atoms with Crippen LogP contribution in [0.3, 0.4) is 0 Å². The van der Waals surface area contributed by atoms with Crippen LogP contribution in [0.5, 0.6) is 0 Å². The van der Waals surface area contributed by atoms with Gasteiger partial charge in [-0.05, 0) is 18.2 Å². The lowest BCUT2D eigenvalue weighted by Crippen LogP contribution is -2.30. The van der Waals surface area contributed by atoms with Gasteiger partial charge >= 0.3 is 5.89 Å². The summed E-state index contributed by atoms with van der Waals surface area (Å²) in [5.41, 5.74) is 5.36. The lowest BCUT2D eigenvalue weighted by Gasteiger charge is -1.89. The summed E-state index contributed by atoms with van der Waals surface area (Å²) in [6.45, 7) is 0.828. The Hall–Kier alpha value is -2.69. The number of hydrogen-bond donors (Lipinski definition) is 0. The molecule has 19 heavy (non-hydrogen) atoms. The molecule has 0 fully saturated rings. The number of rotatable bonds is 0. The van der Waals surface area contributed by atoms with Crippen molar-refractivity contribution in [2.45, 2.75) is 6.54 Å². The summed E-state index contributed by atoms with van der Waals surface area (Å²) in [4.78, 5) is 4.18. The molecule has 0 spiro atoms. The van der Waals surface area contributed by atoms with Crippen LogP contribution in [0, 0.1) is 0 Å². The maximum atomic E-state index is 5.98. The molecule has 0 bridgehead atoms. The summed E-state index contributed by atoms with van der Waals surface area (Å²) in [7, 11) is 0. The minimum absolute atomic E-state index is 0.828. The molecule has 5 heteroatoms. The molecule has 5 nitrogen and oxygen atoms in total. The third-order valence-corrected chi connectivity index (χ3v) is 3.69. The maximum absolute atomic E-state index is 5.98. The molecule has 1 aliphatic heterocycles. The van der Waals surface area contributed by atoms with Crippen molar-refractivity contribution >= 4 is 16.6 Å². The van der Waals surface area contributed by atoms with Crippen LogP contribution in [0.15, 0.2) is 47.4 Å². The van der Waals surface area contributed by atoms with E-state index in [1.807, 2.05) is 35.2 Å². The molecule has 0 amide bonds. The fraction of sp³-hybridized carbons (Fsp3) is 0.0714. The molecule has 0 unspecified atom stereocenters. The van der Waals surface area contributed by atoms with Gasteiger partial charge < -0.3 is 4.42 Å². The second kappa shape index (κ2) is 3.00. The predicted octanol–water partition coefficient (Wildman–Crippen LogP) is 1.79. The quantitative estimate of drug-likeness (QED) is 0.393. The van der Waals surface area contributed by atoms with Gasteiger partial charge in [0.15, 0.2) is 6.54 Å². The van der Waals surface area contributed by atoms with Gasteiger partial charge in [0.25, 0.3) is 5.52 Å². The zero-order valence-electron chi connectivity index (χ0n) is 9.95. The highest BCUT2D eigenvalue weighted by Crippen LogP contribution is 2.32. The SMILES string of the molecule is c1cnn2cc3oc4[n+](c3c2c1)Cc1ccncc1-4. The predicted molar refractivity (Wildman–Crippen MR) is 67.5 cm³/mol. The highest BCUT2D eigenvalue weighted by atomic mass is 16.4. The van der Waals surface area contributed by atoms with Crippen LogP contribution in [-0.2, 0) is 6.54 Å². The van der Waals surface area contributed by atoms with Crippen LogP contribution in [0.1, 0.15) is 5.56 Å². The largest absolute Gasteiger partial charge is 0.396 e. The van der Waals surface area contributed by atoms with E-state index in [2.05, 4.69) is 20.7 Å². The average Bonchev–Trinajstić information content (AvgIpc) is 3.05. The van der Waals surface area contributed by atoms with Crippen molar-refractivity contribution in [1.82, 2.24) is 14.6 Å². The second-order valence-electron chi connectivity index (χ2n) is 4.72. The summed E-state index contributed by atoms with van der Waals surface area (Å²) in [6.07, 6.45) is 7.38. The molecule has 0 aromatic carbocycles. The fourth-order valence-electron chi connectivity index (χ4n) is 2.85. The van der Waals surface area contributed by atoms with Crippen molar-refractivity contribution in [3.63, 3.8) is 0 Å². The average molecular weight is 249 g/mol. The Labute approximate surface area is 107 Å². The van der Waals surface area contributed by atoms with E-state index in [1.165, 1.54) is 5.56 Å². The van der Waals surface area contributed by atoms with Crippen LogP contribution in [0.4, 0.5) is 0 Å². The lowest BCUT2D eigenvalue weighted by molar-refractivity contribution is -0.648. The van der Waals surface area contributed by atoms with E-state index in [-0.39, 0.29) is 0 Å². The maximum Gasteiger partial charge on any atom is 0.384 e. The third-order valence-electron chi connectivity index (χ3n) is 3.69. The molecule has 5 rings (SSSR count). The number of aromatic nitrogens is 4. The molecule has 0 saturated heterocycles. The van der Waals surface area contributed by atoms with Crippen LogP contribution in [0.2, 0.25) is 0 Å². The number of hydrogen-bond acceptors (Lipinski definition) is 3. The van der Waals surface area contributed by atoms with Crippen molar-refractivity contribution in [1.29, 1.82) is 0 Å². The number of fused-ring (bicyclic) bond motifs is 7. The molecule has 0 aliphatic carbocycles. The van der Waals surface area contributed by atoms with Gasteiger partial charge in [-0.1, -0.05) is 0 Å². The van der Waals surface area contributed by atoms with Gasteiger partial charge in [-0.25, -0.2) is 4.52 Å². The van der Waals surface area contributed by atoms with Gasteiger partial charge in [0.1, 0.15) is 11.1 Å². The smallest absolute Gasteiger partial charge is 0.384 e. The van der Waals surface area contributed by atoms with Crippen molar-refractivity contribution in [3.05, 3.63) is 48.5 Å². The van der Waals surface area contributed by atoms with Crippen molar-refractivity contribution in [2.24, 2.45) is 0 Å². The molecule has 4 aromatic heterocycles. The normalized spacial score (nSPS) is 13.1. The molecule has 0 saturated carbocycles. The molecular formula is C14H9N4O+. The van der Waals surface area contributed by atoms with Crippen molar-refractivity contribution in [3.8, 4) is 11.5 Å². The van der Waals surface area contributed by atoms with Crippen LogP contribution in [0.25, 0.3) is 28.1 Å². The monoisotopic (exact) mass is 249 g/mol. The highest BCUT2D eigenvalue weighted by Gasteiger charge is 2.35. The summed E-state index contributed by atoms with van der Waals surface area (Å²) < 4.78 is 10.0. The zero-order chi connectivity index (χ0) is 12.4. The van der Waals surface area contributed by atoms with E-state index < -0.39 is 0 Å². The van der Waals surface area contributed by atoms with E-state index in [9.17, 15) is 0 Å². The molecule has 5 heterocycles. The minimum atomic E-state index is 0.828. The Bertz CT molecular complexity index is 951. The van der Waals surface area contributed by atoms with Crippen molar-refractivity contribution in [2.75, 3.05) is 0 Å². The molecule has 1 aliphatic rings. The first-order valence-corrected chi connectivity index (χ1v) is 6.14. The van der Waals surface area contributed by atoms with Crippen LogP contribution < -0.4 is 4.57 Å². The van der Waals surface area contributed by atoms with Gasteiger partial charge in [0.05, 0.1) is 6.20 Å². The van der Waals surface area contributed by atoms with Crippen molar-refractivity contribution < 1.29 is 8.98 Å². The second-order valence-corrected chi connectivity index (χ2v) is 4.72. The van der Waals surface area contributed by atoms with Gasteiger partial charge in [0, 0.05) is 24.2 Å². The molecule has 0 N–H and O–H groups in total. The number of nitrogens with zero attached hydrogens (tertiary/aromatic N) is 4. The van der Waals surface area contributed by atoms with E-state index in [0.717, 1.165) is 34.6 Å².